The largest absolute Gasteiger partial charge is 0.426 e. The fraction of sp³-hybridized carbons (Fsp3) is 0.286. The summed E-state index contributed by atoms with van der Waals surface area (Å²) in [4.78, 5) is 27.0. The van der Waals surface area contributed by atoms with E-state index in [0.717, 1.165) is 22.4 Å². The molecule has 1 saturated heterocycles. The van der Waals surface area contributed by atoms with Gasteiger partial charge in [-0.2, -0.15) is 0 Å². The standard InChI is InChI=1S/C28H29NO3/c1-19-14-20(2)16-24(15-19)29-18-21(17-26(29)30)27(31)32-25-12-10-23(11-13-25)28(3,4)22-8-6-5-7-9-22/h5-16,21H,17-18H2,1-4H3/t21-/m1/s1. The van der Waals surface area contributed by atoms with Crippen molar-refractivity contribution in [1.82, 2.24) is 0 Å². The van der Waals surface area contributed by atoms with Crippen LogP contribution in [0.5, 0.6) is 5.75 Å². The molecule has 164 valence electrons. The predicted octanol–water partition coefficient (Wildman–Crippen LogP) is 5.59. The van der Waals surface area contributed by atoms with Crippen molar-refractivity contribution >= 4 is 17.6 Å². The lowest BCUT2D eigenvalue weighted by atomic mass is 9.78. The molecule has 0 spiro atoms. The van der Waals surface area contributed by atoms with Crippen molar-refractivity contribution in [3.63, 3.8) is 0 Å². The number of amides is 1. The summed E-state index contributed by atoms with van der Waals surface area (Å²) in [6.45, 7) is 8.71. The second-order valence-electron chi connectivity index (χ2n) is 9.19. The normalized spacial score (nSPS) is 16.3. The zero-order valence-electron chi connectivity index (χ0n) is 19.1. The highest BCUT2D eigenvalue weighted by Crippen LogP contribution is 2.33. The fourth-order valence-corrected chi connectivity index (χ4v) is 4.38. The third kappa shape index (κ3) is 4.45. The SMILES string of the molecule is Cc1cc(C)cc(N2C[C@H](C(=O)Oc3ccc(C(C)(C)c4ccccc4)cc3)CC2=O)c1. The summed E-state index contributed by atoms with van der Waals surface area (Å²) in [5.41, 5.74) is 5.24. The third-order valence-electron chi connectivity index (χ3n) is 6.27. The van der Waals surface area contributed by atoms with E-state index >= 15 is 0 Å². The first-order valence-electron chi connectivity index (χ1n) is 11.0. The third-order valence-corrected chi connectivity index (χ3v) is 6.27. The summed E-state index contributed by atoms with van der Waals surface area (Å²) in [7, 11) is 0. The number of ether oxygens (including phenoxy) is 1. The maximum absolute atomic E-state index is 12.8. The fourth-order valence-electron chi connectivity index (χ4n) is 4.38. The minimum Gasteiger partial charge on any atom is -0.426 e. The Balaban J connectivity index is 1.44. The number of carbonyl (C=O) groups is 2. The van der Waals surface area contributed by atoms with E-state index in [2.05, 4.69) is 32.0 Å². The number of esters is 1. The molecule has 0 bridgehead atoms. The Kier molecular flexibility index (Phi) is 5.88. The van der Waals surface area contributed by atoms with Gasteiger partial charge >= 0.3 is 5.97 Å². The van der Waals surface area contributed by atoms with Crippen LogP contribution in [0.4, 0.5) is 5.69 Å². The van der Waals surface area contributed by atoms with Gasteiger partial charge in [0.1, 0.15) is 5.75 Å². The first kappa shape index (κ1) is 21.8. The van der Waals surface area contributed by atoms with E-state index in [1.54, 1.807) is 4.90 Å². The number of carbonyl (C=O) groups excluding carboxylic acids is 2. The van der Waals surface area contributed by atoms with E-state index in [1.807, 2.05) is 68.4 Å². The van der Waals surface area contributed by atoms with Crippen LogP contribution in [0.15, 0.2) is 72.8 Å². The van der Waals surface area contributed by atoms with Crippen LogP contribution in [0, 0.1) is 19.8 Å². The molecule has 1 heterocycles. The number of anilines is 1. The van der Waals surface area contributed by atoms with E-state index in [1.165, 1.54) is 5.56 Å². The van der Waals surface area contributed by atoms with Crippen molar-refractivity contribution in [3.05, 3.63) is 95.1 Å². The van der Waals surface area contributed by atoms with Crippen molar-refractivity contribution < 1.29 is 14.3 Å². The Morgan fingerprint density at radius 3 is 2.12 bits per heavy atom. The minimum atomic E-state index is -0.469. The molecule has 0 saturated carbocycles. The van der Waals surface area contributed by atoms with Crippen LogP contribution in [0.3, 0.4) is 0 Å². The topological polar surface area (TPSA) is 46.6 Å². The lowest BCUT2D eigenvalue weighted by Crippen LogP contribution is -2.27. The maximum Gasteiger partial charge on any atom is 0.316 e. The highest BCUT2D eigenvalue weighted by molar-refractivity contribution is 5.99. The van der Waals surface area contributed by atoms with E-state index in [9.17, 15) is 9.59 Å². The number of benzene rings is 3. The molecule has 3 aromatic rings. The van der Waals surface area contributed by atoms with Crippen LogP contribution in [0.25, 0.3) is 0 Å². The number of rotatable bonds is 5. The Labute approximate surface area is 189 Å². The van der Waals surface area contributed by atoms with Gasteiger partial charge in [-0.05, 0) is 60.4 Å². The average molecular weight is 428 g/mol. The molecule has 4 rings (SSSR count). The zero-order chi connectivity index (χ0) is 22.9. The molecule has 3 aromatic carbocycles. The molecule has 1 fully saturated rings. The Hall–Kier alpha value is -3.40. The average Bonchev–Trinajstić information content (AvgIpc) is 3.16. The first-order valence-corrected chi connectivity index (χ1v) is 11.0. The second kappa shape index (κ2) is 8.62. The molecule has 1 aliphatic rings. The summed E-state index contributed by atoms with van der Waals surface area (Å²) < 4.78 is 5.63. The van der Waals surface area contributed by atoms with Crippen molar-refractivity contribution in [1.29, 1.82) is 0 Å². The monoisotopic (exact) mass is 427 g/mol. The highest BCUT2D eigenvalue weighted by Gasteiger charge is 2.36. The molecule has 0 N–H and O–H groups in total. The van der Waals surface area contributed by atoms with Crippen LogP contribution >= 0.6 is 0 Å². The molecule has 1 amide bonds. The van der Waals surface area contributed by atoms with Crippen LogP contribution in [-0.4, -0.2) is 18.4 Å². The zero-order valence-corrected chi connectivity index (χ0v) is 19.1. The molecule has 4 heteroatoms. The molecule has 32 heavy (non-hydrogen) atoms. The summed E-state index contributed by atoms with van der Waals surface area (Å²) in [6.07, 6.45) is 0.172. The minimum absolute atomic E-state index is 0.0445. The number of hydrogen-bond donors (Lipinski definition) is 0. The van der Waals surface area contributed by atoms with Gasteiger partial charge < -0.3 is 9.64 Å². The Morgan fingerprint density at radius 2 is 1.50 bits per heavy atom. The van der Waals surface area contributed by atoms with Gasteiger partial charge in [0.2, 0.25) is 5.91 Å². The molecule has 0 aromatic heterocycles. The van der Waals surface area contributed by atoms with Crippen molar-refractivity contribution in [2.45, 2.75) is 39.5 Å². The van der Waals surface area contributed by atoms with Gasteiger partial charge in [-0.3, -0.25) is 9.59 Å². The number of nitrogens with zero attached hydrogens (tertiary/aromatic N) is 1. The smallest absolute Gasteiger partial charge is 0.316 e. The maximum atomic E-state index is 12.8. The molecule has 1 aliphatic heterocycles. The molecule has 0 unspecified atom stereocenters. The summed E-state index contributed by atoms with van der Waals surface area (Å²) in [5, 5.41) is 0. The molecule has 4 nitrogen and oxygen atoms in total. The van der Waals surface area contributed by atoms with Gasteiger partial charge in [-0.15, -0.1) is 0 Å². The summed E-state index contributed by atoms with van der Waals surface area (Å²) in [6, 6.07) is 24.0. The number of aryl methyl sites for hydroxylation is 2. The molecular weight excluding hydrogens is 398 g/mol. The predicted molar refractivity (Wildman–Crippen MR) is 127 cm³/mol. The Bertz CT molecular complexity index is 1110. The lowest BCUT2D eigenvalue weighted by Gasteiger charge is -2.26. The molecular formula is C28H29NO3. The molecule has 0 aliphatic carbocycles. The van der Waals surface area contributed by atoms with Gasteiger partial charge in [0.05, 0.1) is 5.92 Å². The quantitative estimate of drug-likeness (QED) is 0.394. The van der Waals surface area contributed by atoms with E-state index in [-0.39, 0.29) is 23.7 Å². The van der Waals surface area contributed by atoms with Crippen LogP contribution in [0.2, 0.25) is 0 Å². The molecule has 1 atom stereocenters. The highest BCUT2D eigenvalue weighted by atomic mass is 16.5. The van der Waals surface area contributed by atoms with Gasteiger partial charge in [-0.25, -0.2) is 0 Å². The van der Waals surface area contributed by atoms with Gasteiger partial charge in [-0.1, -0.05) is 62.4 Å². The van der Waals surface area contributed by atoms with Gasteiger partial charge in [0.15, 0.2) is 0 Å². The van der Waals surface area contributed by atoms with Crippen molar-refractivity contribution in [3.8, 4) is 5.75 Å². The van der Waals surface area contributed by atoms with Crippen molar-refractivity contribution in [2.24, 2.45) is 5.92 Å². The van der Waals surface area contributed by atoms with E-state index in [0.29, 0.717) is 12.3 Å². The molecule has 0 radical (unpaired) electrons. The lowest BCUT2D eigenvalue weighted by molar-refractivity contribution is -0.139. The second-order valence-corrected chi connectivity index (χ2v) is 9.19. The van der Waals surface area contributed by atoms with E-state index < -0.39 is 5.92 Å². The van der Waals surface area contributed by atoms with Gasteiger partial charge in [0.25, 0.3) is 0 Å². The van der Waals surface area contributed by atoms with E-state index in [4.69, 9.17) is 4.74 Å². The summed E-state index contributed by atoms with van der Waals surface area (Å²) >= 11 is 0. The number of hydrogen-bond acceptors (Lipinski definition) is 3. The van der Waals surface area contributed by atoms with Crippen molar-refractivity contribution in [2.75, 3.05) is 11.4 Å². The van der Waals surface area contributed by atoms with Crippen LogP contribution in [0.1, 0.15) is 42.5 Å². The van der Waals surface area contributed by atoms with Crippen LogP contribution < -0.4 is 9.64 Å². The summed E-state index contributed by atoms with van der Waals surface area (Å²) in [5.74, 6) is -0.374. The first-order chi connectivity index (χ1) is 15.2. The Morgan fingerprint density at radius 1 is 0.906 bits per heavy atom. The van der Waals surface area contributed by atoms with Gasteiger partial charge in [0, 0.05) is 24.1 Å². The van der Waals surface area contributed by atoms with Crippen LogP contribution in [-0.2, 0) is 15.0 Å².